The molecule has 0 atom stereocenters. The van der Waals surface area contributed by atoms with E-state index >= 15 is 0 Å². The van der Waals surface area contributed by atoms with E-state index in [0.717, 1.165) is 20.0 Å². The number of rotatable bonds is 16. The van der Waals surface area contributed by atoms with Crippen LogP contribution in [0.1, 0.15) is 24.2 Å². The standard InChI is InChI=1S/C24H27O7PS5/c1-3-28-32(26,29-4-2)30-13-15-35-34-14-12-27-21-7-5-6-19(16-21)24(25)31-20-10-8-18(9-11-20)22-17-23(33)37-36-22/h5-11,16-17H,3-4,12-15H2,1-2H3. The topological polar surface area (TPSA) is 80.3 Å². The summed E-state index contributed by atoms with van der Waals surface area (Å²) in [6, 6.07) is 16.2. The number of esters is 1. The summed E-state index contributed by atoms with van der Waals surface area (Å²) in [6.45, 7) is 4.71. The molecule has 2 aromatic carbocycles. The van der Waals surface area contributed by atoms with Crippen LogP contribution in [0.3, 0.4) is 0 Å². The van der Waals surface area contributed by atoms with Gasteiger partial charge in [-0.1, -0.05) is 60.6 Å². The van der Waals surface area contributed by atoms with E-state index < -0.39 is 13.8 Å². The Morgan fingerprint density at radius 2 is 1.59 bits per heavy atom. The first-order valence-corrected chi connectivity index (χ1v) is 17.9. The van der Waals surface area contributed by atoms with Gasteiger partial charge >= 0.3 is 13.8 Å². The largest absolute Gasteiger partial charge is 0.493 e. The van der Waals surface area contributed by atoms with Crippen molar-refractivity contribution < 1.29 is 32.4 Å². The Bertz CT molecular complexity index is 1220. The number of hydrogen-bond acceptors (Lipinski definition) is 12. The quantitative estimate of drug-likeness (QED) is 0.0390. The molecule has 200 valence electrons. The van der Waals surface area contributed by atoms with E-state index in [2.05, 4.69) is 0 Å². The Kier molecular flexibility index (Phi) is 13.1. The molecule has 0 spiro atoms. The Hall–Kier alpha value is -1.21. The zero-order chi connectivity index (χ0) is 26.5. The number of phosphoric ester groups is 1. The number of phosphoric acid groups is 1. The van der Waals surface area contributed by atoms with Crippen LogP contribution >= 0.6 is 62.3 Å². The zero-order valence-electron chi connectivity index (χ0n) is 20.3. The average Bonchev–Trinajstić information content (AvgIpc) is 3.33. The van der Waals surface area contributed by atoms with Gasteiger partial charge in [-0.25, -0.2) is 9.36 Å². The second kappa shape index (κ2) is 16.0. The van der Waals surface area contributed by atoms with Crippen LogP contribution < -0.4 is 9.47 Å². The van der Waals surface area contributed by atoms with Crippen LogP contribution in [0.15, 0.2) is 54.6 Å². The minimum Gasteiger partial charge on any atom is -0.493 e. The number of carbonyl (C=O) groups is 1. The monoisotopic (exact) mass is 618 g/mol. The first-order chi connectivity index (χ1) is 17.9. The highest BCUT2D eigenvalue weighted by molar-refractivity contribution is 8.76. The molecular formula is C24H27O7PS5. The van der Waals surface area contributed by atoms with Gasteiger partial charge in [-0.15, -0.1) is 0 Å². The zero-order valence-corrected chi connectivity index (χ0v) is 25.3. The molecule has 0 bridgehead atoms. The number of hydrogen-bond donors (Lipinski definition) is 0. The van der Waals surface area contributed by atoms with Crippen molar-refractivity contribution in [2.24, 2.45) is 0 Å². The third-order valence-corrected chi connectivity index (χ3v) is 11.3. The van der Waals surface area contributed by atoms with Crippen LogP contribution in [-0.4, -0.2) is 43.9 Å². The maximum atomic E-state index is 12.6. The van der Waals surface area contributed by atoms with E-state index in [-0.39, 0.29) is 19.8 Å². The maximum Gasteiger partial charge on any atom is 0.474 e. The van der Waals surface area contributed by atoms with Gasteiger partial charge in [-0.3, -0.25) is 13.6 Å². The molecule has 1 heterocycles. The Morgan fingerprint density at radius 1 is 0.892 bits per heavy atom. The average molecular weight is 619 g/mol. The third kappa shape index (κ3) is 10.5. The third-order valence-electron chi connectivity index (χ3n) is 4.39. The highest BCUT2D eigenvalue weighted by Crippen LogP contribution is 2.49. The van der Waals surface area contributed by atoms with Crippen LogP contribution in [0.4, 0.5) is 0 Å². The molecule has 3 aromatic rings. The SMILES string of the molecule is CCOP(=O)(OCC)OCCSSCCOc1cccc(C(=O)Oc2ccc(-c3cc(=S)ss3)cc2)c1. The first-order valence-electron chi connectivity index (χ1n) is 11.4. The van der Waals surface area contributed by atoms with Gasteiger partial charge in [0.25, 0.3) is 0 Å². The van der Waals surface area contributed by atoms with Crippen LogP contribution in [0.25, 0.3) is 10.4 Å². The number of benzene rings is 2. The summed E-state index contributed by atoms with van der Waals surface area (Å²) >= 11 is 5.19. The van der Waals surface area contributed by atoms with Gasteiger partial charge in [-0.05, 0) is 67.9 Å². The molecule has 37 heavy (non-hydrogen) atoms. The second-order valence-electron chi connectivity index (χ2n) is 7.04. The van der Waals surface area contributed by atoms with Crippen LogP contribution in [0.5, 0.6) is 11.5 Å². The molecule has 3 rings (SSSR count). The van der Waals surface area contributed by atoms with Crippen LogP contribution in [0.2, 0.25) is 0 Å². The van der Waals surface area contributed by atoms with Crippen molar-refractivity contribution in [1.29, 1.82) is 0 Å². The van der Waals surface area contributed by atoms with Crippen molar-refractivity contribution in [3.05, 3.63) is 64.0 Å². The molecule has 0 amide bonds. The summed E-state index contributed by atoms with van der Waals surface area (Å²) in [5.41, 5.74) is 1.44. The predicted octanol–water partition coefficient (Wildman–Crippen LogP) is 8.38. The normalized spacial score (nSPS) is 11.4. The lowest BCUT2D eigenvalue weighted by Crippen LogP contribution is -2.09. The predicted molar refractivity (Wildman–Crippen MR) is 157 cm³/mol. The van der Waals surface area contributed by atoms with Crippen molar-refractivity contribution in [2.45, 2.75) is 13.8 Å². The minimum absolute atomic E-state index is 0.257. The van der Waals surface area contributed by atoms with Gasteiger partial charge in [0.1, 0.15) is 15.3 Å². The summed E-state index contributed by atoms with van der Waals surface area (Å²) in [6.07, 6.45) is 0. The molecule has 0 unspecified atom stereocenters. The molecule has 0 radical (unpaired) electrons. The Labute approximate surface area is 237 Å². The molecule has 0 saturated heterocycles. The Balaban J connectivity index is 1.37. The van der Waals surface area contributed by atoms with Gasteiger partial charge in [0, 0.05) is 16.4 Å². The summed E-state index contributed by atoms with van der Waals surface area (Å²) < 4.78 is 39.8. The maximum absolute atomic E-state index is 12.6. The second-order valence-corrected chi connectivity index (χ2v) is 14.3. The molecule has 0 aliphatic heterocycles. The summed E-state index contributed by atoms with van der Waals surface area (Å²) in [5, 5.41) is 0. The highest BCUT2D eigenvalue weighted by atomic mass is 33.1. The molecule has 0 N–H and O–H groups in total. The van der Waals surface area contributed by atoms with E-state index in [0.29, 0.717) is 29.4 Å². The van der Waals surface area contributed by atoms with Crippen molar-refractivity contribution >= 4 is 68.3 Å². The number of carbonyl (C=O) groups excluding carboxylic acids is 1. The van der Waals surface area contributed by atoms with E-state index in [1.54, 1.807) is 92.5 Å². The van der Waals surface area contributed by atoms with E-state index in [4.69, 9.17) is 35.3 Å². The lowest BCUT2D eigenvalue weighted by Gasteiger charge is -2.15. The van der Waals surface area contributed by atoms with E-state index in [1.807, 2.05) is 18.2 Å². The molecule has 0 aliphatic rings. The van der Waals surface area contributed by atoms with Gasteiger partial charge < -0.3 is 9.47 Å². The fourth-order valence-electron chi connectivity index (χ4n) is 2.86. The molecule has 13 heteroatoms. The van der Waals surface area contributed by atoms with E-state index in [1.165, 1.54) is 0 Å². The van der Waals surface area contributed by atoms with Crippen molar-refractivity contribution in [3.63, 3.8) is 0 Å². The van der Waals surface area contributed by atoms with Crippen LogP contribution in [-0.2, 0) is 18.1 Å². The van der Waals surface area contributed by atoms with Crippen molar-refractivity contribution in [2.75, 3.05) is 37.9 Å². The smallest absolute Gasteiger partial charge is 0.474 e. The van der Waals surface area contributed by atoms with Gasteiger partial charge in [-0.2, -0.15) is 0 Å². The molecule has 0 saturated carbocycles. The lowest BCUT2D eigenvalue weighted by molar-refractivity contribution is 0.0734. The van der Waals surface area contributed by atoms with Gasteiger partial charge in [0.05, 0.1) is 32.0 Å². The molecule has 0 aliphatic carbocycles. The van der Waals surface area contributed by atoms with Gasteiger partial charge in [0.2, 0.25) is 0 Å². The molecular weight excluding hydrogens is 592 g/mol. The Morgan fingerprint density at radius 3 is 2.24 bits per heavy atom. The lowest BCUT2D eigenvalue weighted by atomic mass is 10.2. The van der Waals surface area contributed by atoms with E-state index in [9.17, 15) is 9.36 Å². The first kappa shape index (κ1) is 30.3. The summed E-state index contributed by atoms with van der Waals surface area (Å²) in [4.78, 5) is 13.7. The highest BCUT2D eigenvalue weighted by Gasteiger charge is 2.24. The molecule has 1 aromatic heterocycles. The minimum atomic E-state index is -3.46. The van der Waals surface area contributed by atoms with Crippen LogP contribution in [0, 0.1) is 3.82 Å². The van der Waals surface area contributed by atoms with Crippen molar-refractivity contribution in [3.8, 4) is 21.9 Å². The summed E-state index contributed by atoms with van der Waals surface area (Å²) in [5.74, 6) is 1.95. The van der Waals surface area contributed by atoms with Crippen molar-refractivity contribution in [1.82, 2.24) is 0 Å². The summed E-state index contributed by atoms with van der Waals surface area (Å²) in [7, 11) is 2.91. The fraction of sp³-hybridized carbons (Fsp3) is 0.333. The molecule has 0 fully saturated rings. The molecule has 7 nitrogen and oxygen atoms in total. The van der Waals surface area contributed by atoms with Gasteiger partial charge in [0.15, 0.2) is 0 Å². The fourth-order valence-corrected chi connectivity index (χ4v) is 8.21. The number of ether oxygens (including phenoxy) is 2.